The maximum absolute atomic E-state index is 12.1. The molecule has 3 rings (SSSR count). The molecule has 0 radical (unpaired) electrons. The van der Waals surface area contributed by atoms with E-state index in [9.17, 15) is 9.59 Å². The molecule has 88 valence electrons. The Bertz CT molecular complexity index is 462. The smallest absolute Gasteiger partial charge is 0.274 e. The number of fused-ring (bicyclic) bond motifs is 1. The van der Waals surface area contributed by atoms with Gasteiger partial charge in [-0.25, -0.2) is 4.98 Å². The summed E-state index contributed by atoms with van der Waals surface area (Å²) in [5.74, 6) is 0.128. The molecule has 0 bridgehead atoms. The van der Waals surface area contributed by atoms with Gasteiger partial charge in [0.2, 0.25) is 5.91 Å². The van der Waals surface area contributed by atoms with Crippen molar-refractivity contribution in [3.8, 4) is 0 Å². The van der Waals surface area contributed by atoms with Gasteiger partial charge in [0.25, 0.3) is 5.91 Å². The van der Waals surface area contributed by atoms with Gasteiger partial charge >= 0.3 is 0 Å². The molecule has 2 aliphatic rings. The summed E-state index contributed by atoms with van der Waals surface area (Å²) in [6.45, 7) is 1.79. The number of nitrogens with one attached hydrogen (secondary N) is 1. The quantitative estimate of drug-likeness (QED) is 0.694. The summed E-state index contributed by atoms with van der Waals surface area (Å²) in [6, 6.07) is 0. The van der Waals surface area contributed by atoms with Crippen molar-refractivity contribution in [2.24, 2.45) is 11.8 Å². The normalized spacial score (nSPS) is 26.8. The van der Waals surface area contributed by atoms with E-state index in [2.05, 4.69) is 15.3 Å². The van der Waals surface area contributed by atoms with Crippen LogP contribution in [0.15, 0.2) is 18.6 Å². The molecule has 2 fully saturated rings. The lowest BCUT2D eigenvalue weighted by atomic mass is 10.0. The average Bonchev–Trinajstić information content (AvgIpc) is 2.92. The zero-order chi connectivity index (χ0) is 11.8. The van der Waals surface area contributed by atoms with Crippen molar-refractivity contribution in [3.05, 3.63) is 24.3 Å². The van der Waals surface area contributed by atoms with E-state index in [1.54, 1.807) is 4.90 Å². The van der Waals surface area contributed by atoms with Crippen LogP contribution in [0.4, 0.5) is 0 Å². The van der Waals surface area contributed by atoms with E-state index in [0.717, 1.165) is 0 Å². The molecule has 0 saturated carbocycles. The van der Waals surface area contributed by atoms with Crippen LogP contribution in [0.5, 0.6) is 0 Å². The molecule has 2 atom stereocenters. The van der Waals surface area contributed by atoms with E-state index in [0.29, 0.717) is 25.3 Å². The van der Waals surface area contributed by atoms with E-state index >= 15 is 0 Å². The van der Waals surface area contributed by atoms with Crippen molar-refractivity contribution in [2.75, 3.05) is 19.6 Å². The van der Waals surface area contributed by atoms with Gasteiger partial charge in [-0.2, -0.15) is 0 Å². The lowest BCUT2D eigenvalue weighted by Crippen LogP contribution is -2.33. The fourth-order valence-corrected chi connectivity index (χ4v) is 2.48. The topological polar surface area (TPSA) is 75.2 Å². The highest BCUT2D eigenvalue weighted by Gasteiger charge is 2.43. The zero-order valence-corrected chi connectivity index (χ0v) is 9.17. The van der Waals surface area contributed by atoms with E-state index < -0.39 is 0 Å². The summed E-state index contributed by atoms with van der Waals surface area (Å²) < 4.78 is 0. The van der Waals surface area contributed by atoms with Gasteiger partial charge in [-0.05, 0) is 0 Å². The number of rotatable bonds is 1. The predicted molar refractivity (Wildman–Crippen MR) is 57.9 cm³/mol. The molecule has 6 heteroatoms. The largest absolute Gasteiger partial charge is 0.355 e. The number of hydrogen-bond acceptors (Lipinski definition) is 4. The predicted octanol–water partition coefficient (Wildman–Crippen LogP) is -0.705. The van der Waals surface area contributed by atoms with Gasteiger partial charge in [-0.1, -0.05) is 0 Å². The van der Waals surface area contributed by atoms with Crippen LogP contribution in [-0.4, -0.2) is 46.3 Å². The Balaban J connectivity index is 1.76. The minimum atomic E-state index is -0.139. The molecule has 1 aromatic heterocycles. The molecular formula is C11H12N4O2. The van der Waals surface area contributed by atoms with Crippen LogP contribution < -0.4 is 5.32 Å². The molecule has 0 aliphatic carbocycles. The van der Waals surface area contributed by atoms with Crippen LogP contribution in [0.1, 0.15) is 10.5 Å². The third kappa shape index (κ3) is 1.65. The van der Waals surface area contributed by atoms with Crippen molar-refractivity contribution in [3.63, 3.8) is 0 Å². The Morgan fingerprint density at radius 3 is 3.00 bits per heavy atom. The number of amides is 2. The molecule has 17 heavy (non-hydrogen) atoms. The number of aromatic nitrogens is 2. The average molecular weight is 232 g/mol. The first-order valence-electron chi connectivity index (χ1n) is 5.58. The van der Waals surface area contributed by atoms with Crippen LogP contribution in [0.3, 0.4) is 0 Å². The van der Waals surface area contributed by atoms with Crippen molar-refractivity contribution < 1.29 is 9.59 Å². The van der Waals surface area contributed by atoms with Crippen molar-refractivity contribution in [1.82, 2.24) is 20.2 Å². The molecule has 6 nitrogen and oxygen atoms in total. The lowest BCUT2D eigenvalue weighted by Gasteiger charge is -2.16. The highest BCUT2D eigenvalue weighted by atomic mass is 16.2. The van der Waals surface area contributed by atoms with Gasteiger partial charge in [0.1, 0.15) is 5.69 Å². The van der Waals surface area contributed by atoms with Gasteiger partial charge in [-0.15, -0.1) is 0 Å². The molecule has 3 heterocycles. The van der Waals surface area contributed by atoms with E-state index in [1.165, 1.54) is 18.6 Å². The Hall–Kier alpha value is -1.98. The molecule has 2 amide bonds. The Morgan fingerprint density at radius 2 is 2.29 bits per heavy atom. The first kappa shape index (κ1) is 10.2. The first-order valence-corrected chi connectivity index (χ1v) is 5.58. The van der Waals surface area contributed by atoms with Gasteiger partial charge in [0.15, 0.2) is 0 Å². The first-order chi connectivity index (χ1) is 8.25. The van der Waals surface area contributed by atoms with Crippen LogP contribution in [-0.2, 0) is 4.79 Å². The lowest BCUT2D eigenvalue weighted by molar-refractivity contribution is -0.122. The molecule has 0 aromatic carbocycles. The second-order valence-corrected chi connectivity index (χ2v) is 4.41. The summed E-state index contributed by atoms with van der Waals surface area (Å²) in [7, 11) is 0. The third-order valence-corrected chi connectivity index (χ3v) is 3.39. The van der Waals surface area contributed by atoms with E-state index in [4.69, 9.17) is 0 Å². The summed E-state index contributed by atoms with van der Waals surface area (Å²) >= 11 is 0. The van der Waals surface area contributed by atoms with Crippen molar-refractivity contribution in [2.45, 2.75) is 0 Å². The number of likely N-dealkylation sites (tertiary alicyclic amines) is 1. The Kier molecular flexibility index (Phi) is 2.28. The number of nitrogens with zero attached hydrogens (tertiary/aromatic N) is 3. The standard InChI is InChI=1S/C11H12N4O2/c16-10-8-6-15(5-7(8)3-14-10)11(17)9-4-12-1-2-13-9/h1-2,4,7-8H,3,5-6H2,(H,14,16)/t7-,8+/m0/s1. The Morgan fingerprint density at radius 1 is 1.41 bits per heavy atom. The van der Waals surface area contributed by atoms with Crippen LogP contribution >= 0.6 is 0 Å². The van der Waals surface area contributed by atoms with Crippen LogP contribution in [0, 0.1) is 11.8 Å². The molecule has 0 spiro atoms. The second-order valence-electron chi connectivity index (χ2n) is 4.41. The second kappa shape index (κ2) is 3.80. The molecular weight excluding hydrogens is 220 g/mol. The van der Waals surface area contributed by atoms with Crippen LogP contribution in [0.25, 0.3) is 0 Å². The third-order valence-electron chi connectivity index (χ3n) is 3.39. The summed E-state index contributed by atoms with van der Waals surface area (Å²) in [5.41, 5.74) is 0.341. The van der Waals surface area contributed by atoms with Gasteiger partial charge in [-0.3, -0.25) is 14.6 Å². The summed E-state index contributed by atoms with van der Waals surface area (Å²) in [5, 5.41) is 2.82. The minimum absolute atomic E-state index is 0.0457. The fraction of sp³-hybridized carbons (Fsp3) is 0.455. The molecule has 1 N–H and O–H groups in total. The van der Waals surface area contributed by atoms with E-state index in [1.807, 2.05) is 0 Å². The molecule has 0 unspecified atom stereocenters. The number of carbonyl (C=O) groups is 2. The maximum atomic E-state index is 12.1. The molecule has 1 aromatic rings. The maximum Gasteiger partial charge on any atom is 0.274 e. The van der Waals surface area contributed by atoms with Gasteiger partial charge in [0, 0.05) is 37.9 Å². The summed E-state index contributed by atoms with van der Waals surface area (Å²) in [4.78, 5) is 33.1. The van der Waals surface area contributed by atoms with Crippen LogP contribution in [0.2, 0.25) is 0 Å². The minimum Gasteiger partial charge on any atom is -0.355 e. The Labute approximate surface area is 98.0 Å². The zero-order valence-electron chi connectivity index (χ0n) is 9.17. The number of hydrogen-bond donors (Lipinski definition) is 1. The van der Waals surface area contributed by atoms with Crippen molar-refractivity contribution >= 4 is 11.8 Å². The highest BCUT2D eigenvalue weighted by molar-refractivity contribution is 5.93. The monoisotopic (exact) mass is 232 g/mol. The highest BCUT2D eigenvalue weighted by Crippen LogP contribution is 2.27. The summed E-state index contributed by atoms with van der Waals surface area (Å²) in [6.07, 6.45) is 4.48. The number of carbonyl (C=O) groups excluding carboxylic acids is 2. The SMILES string of the molecule is O=C1NC[C@H]2CN(C(=O)c3cnccn3)C[C@@H]12. The van der Waals surface area contributed by atoms with Gasteiger partial charge < -0.3 is 10.2 Å². The van der Waals surface area contributed by atoms with Crippen molar-refractivity contribution in [1.29, 1.82) is 0 Å². The van der Waals surface area contributed by atoms with E-state index in [-0.39, 0.29) is 23.7 Å². The fourth-order valence-electron chi connectivity index (χ4n) is 2.48. The molecule has 2 aliphatic heterocycles. The van der Waals surface area contributed by atoms with Gasteiger partial charge in [0.05, 0.1) is 12.1 Å². The molecule has 2 saturated heterocycles.